The van der Waals surface area contributed by atoms with Crippen molar-refractivity contribution in [3.05, 3.63) is 23.5 Å². The van der Waals surface area contributed by atoms with E-state index in [-0.39, 0.29) is 12.0 Å². The zero-order chi connectivity index (χ0) is 12.4. The second kappa shape index (κ2) is 4.71. The van der Waals surface area contributed by atoms with Gasteiger partial charge in [0.15, 0.2) is 5.75 Å². The Bertz CT molecular complexity index is 428. The highest BCUT2D eigenvalue weighted by atomic mass is 16.5. The first-order chi connectivity index (χ1) is 8.11. The second-order valence-electron chi connectivity index (χ2n) is 4.39. The lowest BCUT2D eigenvalue weighted by atomic mass is 10.2. The monoisotopic (exact) mass is 235 g/mol. The van der Waals surface area contributed by atoms with Crippen LogP contribution in [0.25, 0.3) is 0 Å². The van der Waals surface area contributed by atoms with Crippen LogP contribution in [0, 0.1) is 0 Å². The average molecular weight is 235 g/mol. The Labute approximate surface area is 101 Å². The molecule has 0 atom stereocenters. The van der Waals surface area contributed by atoms with Crippen LogP contribution in [0.3, 0.4) is 0 Å². The van der Waals surface area contributed by atoms with Gasteiger partial charge in [-0.2, -0.15) is 0 Å². The molecule has 1 aliphatic carbocycles. The number of hydrogen-bond donors (Lipinski definition) is 1. The van der Waals surface area contributed by atoms with E-state index in [9.17, 15) is 4.79 Å². The van der Waals surface area contributed by atoms with Gasteiger partial charge < -0.3 is 15.4 Å². The van der Waals surface area contributed by atoms with Crippen molar-refractivity contribution in [2.24, 2.45) is 5.73 Å². The van der Waals surface area contributed by atoms with E-state index in [0.717, 1.165) is 12.8 Å². The van der Waals surface area contributed by atoms with Gasteiger partial charge in [0, 0.05) is 20.6 Å². The van der Waals surface area contributed by atoms with Crippen LogP contribution in [0.4, 0.5) is 0 Å². The SMILES string of the molecule is CN(C)C(=O)c1cc(CN)ncc1OC1CC1. The van der Waals surface area contributed by atoms with E-state index in [1.54, 1.807) is 26.4 Å². The number of amides is 1. The minimum absolute atomic E-state index is 0.0854. The Morgan fingerprint density at radius 1 is 1.59 bits per heavy atom. The van der Waals surface area contributed by atoms with Crippen LogP contribution in [-0.2, 0) is 6.54 Å². The number of pyridine rings is 1. The van der Waals surface area contributed by atoms with E-state index >= 15 is 0 Å². The third-order valence-corrected chi connectivity index (χ3v) is 2.59. The van der Waals surface area contributed by atoms with Gasteiger partial charge in [-0.15, -0.1) is 0 Å². The van der Waals surface area contributed by atoms with Crippen molar-refractivity contribution in [3.8, 4) is 5.75 Å². The summed E-state index contributed by atoms with van der Waals surface area (Å²) >= 11 is 0. The number of aromatic nitrogens is 1. The first-order valence-electron chi connectivity index (χ1n) is 5.69. The summed E-state index contributed by atoms with van der Waals surface area (Å²) in [4.78, 5) is 17.7. The summed E-state index contributed by atoms with van der Waals surface area (Å²) < 4.78 is 5.68. The van der Waals surface area contributed by atoms with Crippen LogP contribution in [0.1, 0.15) is 28.9 Å². The first-order valence-corrected chi connectivity index (χ1v) is 5.69. The van der Waals surface area contributed by atoms with E-state index in [1.165, 1.54) is 4.90 Å². The maximum atomic E-state index is 12.0. The van der Waals surface area contributed by atoms with E-state index in [0.29, 0.717) is 23.6 Å². The fourth-order valence-corrected chi connectivity index (χ4v) is 1.47. The van der Waals surface area contributed by atoms with E-state index in [1.807, 2.05) is 0 Å². The lowest BCUT2D eigenvalue weighted by Gasteiger charge is -2.15. The molecular formula is C12H17N3O2. The molecule has 0 aliphatic heterocycles. The Balaban J connectivity index is 2.31. The predicted molar refractivity (Wildman–Crippen MR) is 63.8 cm³/mol. The molecule has 0 radical (unpaired) electrons. The molecule has 0 saturated heterocycles. The molecule has 92 valence electrons. The minimum Gasteiger partial charge on any atom is -0.488 e. The van der Waals surface area contributed by atoms with Crippen LogP contribution in [0.5, 0.6) is 5.75 Å². The zero-order valence-corrected chi connectivity index (χ0v) is 10.1. The lowest BCUT2D eigenvalue weighted by Crippen LogP contribution is -2.23. The van der Waals surface area contributed by atoms with Gasteiger partial charge >= 0.3 is 0 Å². The van der Waals surface area contributed by atoms with Crippen LogP contribution in [0.15, 0.2) is 12.3 Å². The van der Waals surface area contributed by atoms with Crippen LogP contribution in [-0.4, -0.2) is 36.0 Å². The van der Waals surface area contributed by atoms with Crippen LogP contribution >= 0.6 is 0 Å². The topological polar surface area (TPSA) is 68.5 Å². The third kappa shape index (κ3) is 2.74. The molecule has 1 aromatic rings. The van der Waals surface area contributed by atoms with Gasteiger partial charge in [-0.25, -0.2) is 0 Å². The van der Waals surface area contributed by atoms with Gasteiger partial charge in [0.2, 0.25) is 0 Å². The summed E-state index contributed by atoms with van der Waals surface area (Å²) in [5.74, 6) is 0.473. The highest BCUT2D eigenvalue weighted by Crippen LogP contribution is 2.29. The summed E-state index contributed by atoms with van der Waals surface area (Å²) in [5, 5.41) is 0. The average Bonchev–Trinajstić information content (AvgIpc) is 3.12. The number of nitrogens with two attached hydrogens (primary N) is 1. The molecule has 0 unspecified atom stereocenters. The summed E-state index contributed by atoms with van der Waals surface area (Å²) in [5.41, 5.74) is 6.76. The molecule has 0 aromatic carbocycles. The van der Waals surface area contributed by atoms with Gasteiger partial charge in [-0.05, 0) is 18.9 Å². The highest BCUT2D eigenvalue weighted by molar-refractivity contribution is 5.96. The quantitative estimate of drug-likeness (QED) is 0.837. The zero-order valence-electron chi connectivity index (χ0n) is 10.1. The van der Waals surface area contributed by atoms with Crippen molar-refractivity contribution >= 4 is 5.91 Å². The van der Waals surface area contributed by atoms with Gasteiger partial charge in [-0.1, -0.05) is 0 Å². The maximum Gasteiger partial charge on any atom is 0.257 e. The van der Waals surface area contributed by atoms with Crippen molar-refractivity contribution in [2.75, 3.05) is 14.1 Å². The molecule has 17 heavy (non-hydrogen) atoms. The molecule has 0 bridgehead atoms. The molecule has 5 heteroatoms. The van der Waals surface area contributed by atoms with Gasteiger partial charge in [0.1, 0.15) is 0 Å². The van der Waals surface area contributed by atoms with Crippen molar-refractivity contribution in [1.29, 1.82) is 0 Å². The number of carbonyl (C=O) groups is 1. The Hall–Kier alpha value is -1.62. The molecule has 1 amide bonds. The fraction of sp³-hybridized carbons (Fsp3) is 0.500. The molecule has 1 heterocycles. The molecule has 2 rings (SSSR count). The summed E-state index contributed by atoms with van der Waals surface area (Å²) in [6.45, 7) is 0.317. The maximum absolute atomic E-state index is 12.0. The minimum atomic E-state index is -0.0854. The largest absolute Gasteiger partial charge is 0.488 e. The number of rotatable bonds is 4. The van der Waals surface area contributed by atoms with Crippen molar-refractivity contribution in [1.82, 2.24) is 9.88 Å². The highest BCUT2D eigenvalue weighted by Gasteiger charge is 2.26. The molecule has 1 saturated carbocycles. The predicted octanol–water partition coefficient (Wildman–Crippen LogP) is 0.783. The number of carbonyl (C=O) groups excluding carboxylic acids is 1. The van der Waals surface area contributed by atoms with Gasteiger partial charge in [0.05, 0.1) is 23.6 Å². The number of ether oxygens (including phenoxy) is 1. The Morgan fingerprint density at radius 3 is 2.82 bits per heavy atom. The van der Waals surface area contributed by atoms with Crippen LogP contribution in [0.2, 0.25) is 0 Å². The van der Waals surface area contributed by atoms with Crippen LogP contribution < -0.4 is 10.5 Å². The van der Waals surface area contributed by atoms with Crippen molar-refractivity contribution < 1.29 is 9.53 Å². The molecule has 0 spiro atoms. The first kappa shape index (κ1) is 11.9. The smallest absolute Gasteiger partial charge is 0.257 e. The summed E-state index contributed by atoms with van der Waals surface area (Å²) in [6.07, 6.45) is 3.94. The number of hydrogen-bond acceptors (Lipinski definition) is 4. The third-order valence-electron chi connectivity index (χ3n) is 2.59. The molecule has 1 aliphatic rings. The van der Waals surface area contributed by atoms with Crippen molar-refractivity contribution in [3.63, 3.8) is 0 Å². The Morgan fingerprint density at radius 2 is 2.29 bits per heavy atom. The summed E-state index contributed by atoms with van der Waals surface area (Å²) in [6, 6.07) is 1.71. The molecule has 2 N–H and O–H groups in total. The van der Waals surface area contributed by atoms with E-state index in [2.05, 4.69) is 4.98 Å². The fourth-order valence-electron chi connectivity index (χ4n) is 1.47. The molecule has 5 nitrogen and oxygen atoms in total. The second-order valence-corrected chi connectivity index (χ2v) is 4.39. The summed E-state index contributed by atoms with van der Waals surface area (Å²) in [7, 11) is 3.43. The molecular weight excluding hydrogens is 218 g/mol. The normalized spacial score (nSPS) is 14.5. The standard InChI is InChI=1S/C12H17N3O2/c1-15(2)12(16)10-5-8(6-13)14-7-11(10)17-9-3-4-9/h5,7,9H,3-4,6,13H2,1-2H3. The van der Waals surface area contributed by atoms with Crippen molar-refractivity contribution in [2.45, 2.75) is 25.5 Å². The molecule has 1 aromatic heterocycles. The Kier molecular flexibility index (Phi) is 3.28. The van der Waals surface area contributed by atoms with Gasteiger partial charge in [0.25, 0.3) is 5.91 Å². The molecule has 1 fully saturated rings. The van der Waals surface area contributed by atoms with Gasteiger partial charge in [-0.3, -0.25) is 9.78 Å². The lowest BCUT2D eigenvalue weighted by molar-refractivity contribution is 0.0822. The van der Waals surface area contributed by atoms with E-state index in [4.69, 9.17) is 10.5 Å². The van der Waals surface area contributed by atoms with E-state index < -0.39 is 0 Å². The number of nitrogens with zero attached hydrogens (tertiary/aromatic N) is 2.